The Kier molecular flexibility index (Phi) is 6.21. The van der Waals surface area contributed by atoms with Crippen molar-refractivity contribution in [1.29, 1.82) is 0 Å². The summed E-state index contributed by atoms with van der Waals surface area (Å²) >= 11 is 0. The summed E-state index contributed by atoms with van der Waals surface area (Å²) < 4.78 is 19.1. The molecule has 7 heteroatoms. The molecule has 0 saturated carbocycles. The molecule has 8 aromatic carbocycles. The molecule has 0 aliphatic rings. The molecule has 0 atom stereocenters. The fraction of sp³-hybridized carbons (Fsp3) is 0. The molecular formula is C48H26N4O3. The highest BCUT2D eigenvalue weighted by Gasteiger charge is 2.21. The first-order chi connectivity index (χ1) is 27.2. The Morgan fingerprint density at radius 1 is 0.345 bits per heavy atom. The van der Waals surface area contributed by atoms with Crippen LogP contribution in [0.5, 0.6) is 0 Å². The molecule has 0 N–H and O–H groups in total. The van der Waals surface area contributed by atoms with Crippen LogP contribution in [-0.4, -0.2) is 19.9 Å². The number of nitrogens with zero attached hydrogens (tertiary/aromatic N) is 4. The molecule has 0 aliphatic carbocycles. The number of fused-ring (bicyclic) bond motifs is 11. The average Bonchev–Trinajstić information content (AvgIpc) is 3.97. The smallest absolute Gasteiger partial charge is 0.227 e. The van der Waals surface area contributed by atoms with E-state index in [1.165, 1.54) is 0 Å². The highest BCUT2D eigenvalue weighted by atomic mass is 16.4. The molecule has 0 fully saturated rings. The summed E-state index contributed by atoms with van der Waals surface area (Å²) in [7, 11) is 0. The Balaban J connectivity index is 1.08. The number of hydrogen-bond acceptors (Lipinski definition) is 7. The SMILES string of the molecule is c1ccc(-c2nc3c(ccc4oc5c6cc(-c7nc(-c8ccc9ccccc9c8)nc(-c8cccc9oc%10ccccc%10c89)n7)ccc6ccc5c43)o2)cc1. The van der Waals surface area contributed by atoms with Crippen LogP contribution >= 0.6 is 0 Å². The maximum atomic E-state index is 6.64. The van der Waals surface area contributed by atoms with Crippen LogP contribution in [0, 0.1) is 0 Å². The van der Waals surface area contributed by atoms with Crippen molar-refractivity contribution in [3.63, 3.8) is 0 Å². The number of oxazole rings is 1. The van der Waals surface area contributed by atoms with Crippen molar-refractivity contribution in [3.8, 4) is 45.6 Å². The van der Waals surface area contributed by atoms with Gasteiger partial charge in [-0.15, -0.1) is 0 Å². The monoisotopic (exact) mass is 706 g/mol. The van der Waals surface area contributed by atoms with Crippen molar-refractivity contribution in [3.05, 3.63) is 158 Å². The lowest BCUT2D eigenvalue weighted by atomic mass is 10.0. The Labute approximate surface area is 312 Å². The van der Waals surface area contributed by atoms with Gasteiger partial charge in [-0.1, -0.05) is 103 Å². The van der Waals surface area contributed by atoms with Gasteiger partial charge in [0, 0.05) is 43.8 Å². The molecule has 0 saturated heterocycles. The maximum Gasteiger partial charge on any atom is 0.227 e. The first-order valence-corrected chi connectivity index (χ1v) is 18.1. The van der Waals surface area contributed by atoms with Crippen LogP contribution in [0.15, 0.2) is 171 Å². The molecule has 256 valence electrons. The van der Waals surface area contributed by atoms with Gasteiger partial charge in [-0.2, -0.15) is 0 Å². The predicted molar refractivity (Wildman–Crippen MR) is 219 cm³/mol. The fourth-order valence-corrected chi connectivity index (χ4v) is 7.92. The molecule has 0 spiro atoms. The number of para-hydroxylation sites is 1. The van der Waals surface area contributed by atoms with Crippen molar-refractivity contribution in [2.45, 2.75) is 0 Å². The third-order valence-corrected chi connectivity index (χ3v) is 10.5. The van der Waals surface area contributed by atoms with E-state index in [2.05, 4.69) is 72.8 Å². The Morgan fingerprint density at radius 3 is 1.93 bits per heavy atom. The van der Waals surface area contributed by atoms with Gasteiger partial charge >= 0.3 is 0 Å². The summed E-state index contributed by atoms with van der Waals surface area (Å²) in [6, 6.07) is 53.1. The number of furan rings is 2. The summed E-state index contributed by atoms with van der Waals surface area (Å²) in [5.41, 5.74) is 8.14. The first-order valence-electron chi connectivity index (χ1n) is 18.1. The van der Waals surface area contributed by atoms with Crippen molar-refractivity contribution in [2.24, 2.45) is 0 Å². The van der Waals surface area contributed by atoms with E-state index in [1.807, 2.05) is 84.9 Å². The van der Waals surface area contributed by atoms with Gasteiger partial charge < -0.3 is 13.3 Å². The van der Waals surface area contributed by atoms with Crippen LogP contribution in [0.3, 0.4) is 0 Å². The summed E-state index contributed by atoms with van der Waals surface area (Å²) in [5, 5.41) is 8.12. The lowest BCUT2D eigenvalue weighted by molar-refractivity contribution is 0.619. The largest absolute Gasteiger partial charge is 0.456 e. The number of rotatable bonds is 4. The van der Waals surface area contributed by atoms with E-state index in [4.69, 9.17) is 33.2 Å². The second-order valence-corrected chi connectivity index (χ2v) is 13.8. The highest BCUT2D eigenvalue weighted by Crippen LogP contribution is 2.41. The minimum Gasteiger partial charge on any atom is -0.456 e. The van der Waals surface area contributed by atoms with Gasteiger partial charge in [0.15, 0.2) is 23.1 Å². The molecule has 7 nitrogen and oxygen atoms in total. The molecule has 0 amide bonds. The molecule has 12 aromatic rings. The zero-order valence-electron chi connectivity index (χ0n) is 29.0. The maximum absolute atomic E-state index is 6.64. The van der Waals surface area contributed by atoms with E-state index in [0.717, 1.165) is 93.2 Å². The molecular weight excluding hydrogens is 681 g/mol. The molecule has 0 bridgehead atoms. The molecule has 4 aromatic heterocycles. The van der Waals surface area contributed by atoms with E-state index in [-0.39, 0.29) is 0 Å². The van der Waals surface area contributed by atoms with Gasteiger partial charge in [-0.05, 0) is 70.8 Å². The van der Waals surface area contributed by atoms with Gasteiger partial charge in [0.2, 0.25) is 5.89 Å². The summed E-state index contributed by atoms with van der Waals surface area (Å²) in [6.07, 6.45) is 0. The van der Waals surface area contributed by atoms with Crippen LogP contribution in [-0.2, 0) is 0 Å². The minimum atomic E-state index is 0.555. The molecule has 0 aliphatic heterocycles. The van der Waals surface area contributed by atoms with Crippen LogP contribution < -0.4 is 0 Å². The molecule has 0 unspecified atom stereocenters. The summed E-state index contributed by atoms with van der Waals surface area (Å²) in [6.45, 7) is 0. The number of aromatic nitrogens is 4. The van der Waals surface area contributed by atoms with E-state index in [9.17, 15) is 0 Å². The number of benzene rings is 8. The summed E-state index contributed by atoms with van der Waals surface area (Å²) in [5.74, 6) is 2.28. The highest BCUT2D eigenvalue weighted by molar-refractivity contribution is 6.22. The Morgan fingerprint density at radius 2 is 1.04 bits per heavy atom. The van der Waals surface area contributed by atoms with Gasteiger partial charge in [0.1, 0.15) is 27.8 Å². The zero-order valence-corrected chi connectivity index (χ0v) is 29.0. The van der Waals surface area contributed by atoms with Crippen molar-refractivity contribution >= 4 is 76.5 Å². The predicted octanol–water partition coefficient (Wildman–Crippen LogP) is 12.8. The third-order valence-electron chi connectivity index (χ3n) is 10.5. The standard InChI is InChI=1S/C48H26N4O3/c1-2-10-29(11-3-1)48-49-43-40(55-48)24-23-39-42(43)34-22-21-28-18-20-32(26-36(28)44(34)54-39)46-50-45(31-19-17-27-9-4-5-12-30(27)25-31)51-47(52-46)35-14-8-16-38-41(35)33-13-6-7-15-37(33)53-38/h1-26H. The van der Waals surface area contributed by atoms with E-state index in [1.54, 1.807) is 0 Å². The first kappa shape index (κ1) is 29.9. The zero-order chi connectivity index (χ0) is 36.0. The normalized spacial score (nSPS) is 12.0. The quantitative estimate of drug-likeness (QED) is 0.180. The van der Waals surface area contributed by atoms with Crippen molar-refractivity contribution in [1.82, 2.24) is 19.9 Å². The van der Waals surface area contributed by atoms with Gasteiger partial charge in [-0.25, -0.2) is 19.9 Å². The van der Waals surface area contributed by atoms with Crippen LogP contribution in [0.1, 0.15) is 0 Å². The van der Waals surface area contributed by atoms with Gasteiger partial charge in [-0.3, -0.25) is 0 Å². The van der Waals surface area contributed by atoms with Gasteiger partial charge in [0.25, 0.3) is 0 Å². The fourth-order valence-electron chi connectivity index (χ4n) is 7.92. The third kappa shape index (κ3) is 4.63. The van der Waals surface area contributed by atoms with E-state index < -0.39 is 0 Å². The van der Waals surface area contributed by atoms with Crippen LogP contribution in [0.25, 0.3) is 122 Å². The lowest BCUT2D eigenvalue weighted by Crippen LogP contribution is -2.00. The Bertz CT molecular complexity index is 3510. The second-order valence-electron chi connectivity index (χ2n) is 13.8. The topological polar surface area (TPSA) is 91.0 Å². The van der Waals surface area contributed by atoms with Crippen LogP contribution in [0.4, 0.5) is 0 Å². The van der Waals surface area contributed by atoms with Crippen molar-refractivity contribution in [2.75, 3.05) is 0 Å². The molecule has 12 rings (SSSR count). The van der Waals surface area contributed by atoms with Gasteiger partial charge in [0.05, 0.1) is 5.39 Å². The van der Waals surface area contributed by atoms with E-state index in [0.29, 0.717) is 28.9 Å². The minimum absolute atomic E-state index is 0.555. The summed E-state index contributed by atoms with van der Waals surface area (Å²) in [4.78, 5) is 20.4. The molecule has 0 radical (unpaired) electrons. The molecule has 4 heterocycles. The average molecular weight is 707 g/mol. The second kappa shape index (κ2) is 11.4. The van der Waals surface area contributed by atoms with E-state index >= 15 is 0 Å². The molecule has 55 heavy (non-hydrogen) atoms. The Hall–Kier alpha value is -7.64. The van der Waals surface area contributed by atoms with Crippen LogP contribution in [0.2, 0.25) is 0 Å². The number of hydrogen-bond donors (Lipinski definition) is 0. The van der Waals surface area contributed by atoms with Crippen molar-refractivity contribution < 1.29 is 13.3 Å². The lowest BCUT2D eigenvalue weighted by Gasteiger charge is -2.10.